The summed E-state index contributed by atoms with van der Waals surface area (Å²) >= 11 is 6.01. The Bertz CT molecular complexity index is 807. The first-order valence-corrected chi connectivity index (χ1v) is 10.1. The molecule has 2 N–H and O–H groups in total. The fraction of sp³-hybridized carbons (Fsp3) is 0.409. The van der Waals surface area contributed by atoms with Gasteiger partial charge < -0.3 is 15.5 Å². The highest BCUT2D eigenvalue weighted by atomic mass is 35.5. The predicted molar refractivity (Wildman–Crippen MR) is 111 cm³/mol. The Hall–Kier alpha value is -2.04. The molecular formula is C22H26ClN3O. The maximum absolute atomic E-state index is 12.4. The van der Waals surface area contributed by atoms with Crippen molar-refractivity contribution in [3.8, 4) is 0 Å². The normalized spacial score (nSPS) is 24.1. The maximum Gasteiger partial charge on any atom is 0.253 e. The number of halogens is 1. The van der Waals surface area contributed by atoms with Crippen molar-refractivity contribution in [3.05, 3.63) is 64.7 Å². The molecule has 1 aliphatic heterocycles. The number of carbonyl (C=O) groups is 1. The van der Waals surface area contributed by atoms with E-state index in [-0.39, 0.29) is 5.91 Å². The van der Waals surface area contributed by atoms with E-state index in [2.05, 4.69) is 27.7 Å². The molecule has 2 aromatic rings. The number of likely N-dealkylation sites (tertiary alicyclic amines) is 1. The second kappa shape index (κ2) is 7.91. The van der Waals surface area contributed by atoms with Gasteiger partial charge in [-0.05, 0) is 54.0 Å². The summed E-state index contributed by atoms with van der Waals surface area (Å²) in [5.74, 6) is 2.19. The van der Waals surface area contributed by atoms with Crippen LogP contribution in [-0.4, -0.2) is 44.0 Å². The third-order valence-corrected chi connectivity index (χ3v) is 6.35. The van der Waals surface area contributed by atoms with Gasteiger partial charge in [-0.1, -0.05) is 35.9 Å². The van der Waals surface area contributed by atoms with Gasteiger partial charge in [0.2, 0.25) is 0 Å². The number of benzene rings is 2. The summed E-state index contributed by atoms with van der Waals surface area (Å²) in [6.45, 7) is 3.87. The summed E-state index contributed by atoms with van der Waals surface area (Å²) < 4.78 is 0. The lowest BCUT2D eigenvalue weighted by molar-refractivity contribution is 0.0950. The van der Waals surface area contributed by atoms with E-state index >= 15 is 0 Å². The van der Waals surface area contributed by atoms with E-state index in [0.29, 0.717) is 18.0 Å². The van der Waals surface area contributed by atoms with Crippen molar-refractivity contribution in [1.82, 2.24) is 10.2 Å². The first-order valence-electron chi connectivity index (χ1n) is 9.68. The van der Waals surface area contributed by atoms with Crippen LogP contribution in [0.15, 0.2) is 48.5 Å². The molecular weight excluding hydrogens is 358 g/mol. The summed E-state index contributed by atoms with van der Waals surface area (Å²) in [6, 6.07) is 15.9. The topological polar surface area (TPSA) is 44.4 Å². The van der Waals surface area contributed by atoms with Crippen molar-refractivity contribution < 1.29 is 4.79 Å². The number of hydrogen-bond donors (Lipinski definition) is 2. The van der Waals surface area contributed by atoms with Crippen molar-refractivity contribution in [2.75, 3.05) is 38.5 Å². The fourth-order valence-electron chi connectivity index (χ4n) is 4.60. The number of amides is 1. The van der Waals surface area contributed by atoms with E-state index in [1.807, 2.05) is 43.4 Å². The van der Waals surface area contributed by atoms with Gasteiger partial charge in [-0.2, -0.15) is 0 Å². The molecule has 3 atom stereocenters. The van der Waals surface area contributed by atoms with Crippen molar-refractivity contribution in [2.24, 2.45) is 11.8 Å². The van der Waals surface area contributed by atoms with Crippen LogP contribution < -0.4 is 10.6 Å². The van der Waals surface area contributed by atoms with Gasteiger partial charge in [-0.25, -0.2) is 0 Å². The average molecular weight is 384 g/mol. The van der Waals surface area contributed by atoms with E-state index in [1.54, 1.807) is 0 Å². The van der Waals surface area contributed by atoms with Gasteiger partial charge in [0.1, 0.15) is 0 Å². The third-order valence-electron chi connectivity index (χ3n) is 6.09. The molecule has 0 aromatic heterocycles. The number of hydrogen-bond acceptors (Lipinski definition) is 3. The highest BCUT2D eigenvalue weighted by molar-refractivity contribution is 6.30. The Balaban J connectivity index is 1.26. The molecule has 5 heteroatoms. The molecule has 1 amide bonds. The minimum absolute atomic E-state index is 0.0128. The molecule has 3 unspecified atom stereocenters. The molecule has 1 saturated heterocycles. The largest absolute Gasteiger partial charge is 0.387 e. The van der Waals surface area contributed by atoms with Gasteiger partial charge in [-0.3, -0.25) is 4.79 Å². The number of fused-ring (bicyclic) bond motifs is 1. The van der Waals surface area contributed by atoms with E-state index in [4.69, 9.17) is 11.6 Å². The molecule has 0 bridgehead atoms. The minimum Gasteiger partial charge on any atom is -0.387 e. The molecule has 2 aromatic carbocycles. The van der Waals surface area contributed by atoms with Gasteiger partial charge in [-0.15, -0.1) is 0 Å². The van der Waals surface area contributed by atoms with Crippen molar-refractivity contribution in [3.63, 3.8) is 0 Å². The Labute approximate surface area is 165 Å². The lowest BCUT2D eigenvalue weighted by Crippen LogP contribution is -2.34. The van der Waals surface area contributed by atoms with Gasteiger partial charge >= 0.3 is 0 Å². The van der Waals surface area contributed by atoms with Crippen LogP contribution in [0.5, 0.6) is 0 Å². The highest BCUT2D eigenvalue weighted by Gasteiger charge is 2.47. The number of para-hydroxylation sites is 1. The van der Waals surface area contributed by atoms with Crippen molar-refractivity contribution in [1.29, 1.82) is 0 Å². The van der Waals surface area contributed by atoms with Crippen LogP contribution in [0.4, 0.5) is 5.69 Å². The van der Waals surface area contributed by atoms with E-state index in [9.17, 15) is 4.79 Å². The molecule has 27 heavy (non-hydrogen) atoms. The average Bonchev–Trinajstić information content (AvgIpc) is 2.99. The second-order valence-corrected chi connectivity index (χ2v) is 8.07. The Kier molecular flexibility index (Phi) is 5.37. The van der Waals surface area contributed by atoms with Crippen LogP contribution in [0.1, 0.15) is 28.3 Å². The quantitative estimate of drug-likeness (QED) is 0.796. The summed E-state index contributed by atoms with van der Waals surface area (Å²) in [5, 5.41) is 6.94. The lowest BCUT2D eigenvalue weighted by Gasteiger charge is -2.40. The molecule has 142 valence electrons. The van der Waals surface area contributed by atoms with E-state index in [0.717, 1.165) is 42.2 Å². The van der Waals surface area contributed by atoms with Gasteiger partial charge in [0.15, 0.2) is 0 Å². The Morgan fingerprint density at radius 3 is 2.70 bits per heavy atom. The van der Waals surface area contributed by atoms with Crippen LogP contribution in [0.2, 0.25) is 5.02 Å². The van der Waals surface area contributed by atoms with Gasteiger partial charge in [0.25, 0.3) is 5.91 Å². The number of nitrogens with zero attached hydrogens (tertiary/aromatic N) is 1. The minimum atomic E-state index is -0.0128. The molecule has 0 radical (unpaired) electrons. The first kappa shape index (κ1) is 18.3. The molecule has 1 saturated carbocycles. The number of carbonyl (C=O) groups excluding carboxylic acids is 1. The Morgan fingerprint density at radius 1 is 1.15 bits per heavy atom. The first-order chi connectivity index (χ1) is 13.2. The van der Waals surface area contributed by atoms with Crippen molar-refractivity contribution >= 4 is 23.2 Å². The van der Waals surface area contributed by atoms with Gasteiger partial charge in [0.05, 0.1) is 5.56 Å². The SMILES string of the molecule is CNc1ccccc1C(=O)NCCN1CC2CC(c3ccc(Cl)cc3)C2C1. The summed E-state index contributed by atoms with van der Waals surface area (Å²) in [4.78, 5) is 14.9. The summed E-state index contributed by atoms with van der Waals surface area (Å²) in [7, 11) is 1.84. The zero-order valence-corrected chi connectivity index (χ0v) is 16.4. The number of nitrogens with one attached hydrogen (secondary N) is 2. The van der Waals surface area contributed by atoms with Crippen molar-refractivity contribution in [2.45, 2.75) is 12.3 Å². The molecule has 0 spiro atoms. The van der Waals surface area contributed by atoms with Crippen LogP contribution in [0.25, 0.3) is 0 Å². The lowest BCUT2D eigenvalue weighted by atomic mass is 9.64. The molecule has 4 rings (SSSR count). The van der Waals surface area contributed by atoms with E-state index < -0.39 is 0 Å². The standard InChI is InChI=1S/C22H26ClN3O/c1-24-21-5-3-2-4-18(21)22(27)25-10-11-26-13-16-12-19(20(16)14-26)15-6-8-17(23)9-7-15/h2-9,16,19-20,24H,10-14H2,1H3,(H,25,27). The van der Waals surface area contributed by atoms with Crippen LogP contribution >= 0.6 is 11.6 Å². The summed E-state index contributed by atoms with van der Waals surface area (Å²) in [6.07, 6.45) is 1.27. The monoisotopic (exact) mass is 383 g/mol. The fourth-order valence-corrected chi connectivity index (χ4v) is 4.72. The third kappa shape index (κ3) is 3.83. The molecule has 4 nitrogen and oxygen atoms in total. The highest BCUT2D eigenvalue weighted by Crippen LogP contribution is 2.51. The molecule has 1 aliphatic carbocycles. The molecule has 2 aliphatic rings. The van der Waals surface area contributed by atoms with E-state index in [1.165, 1.54) is 12.0 Å². The molecule has 1 heterocycles. The van der Waals surface area contributed by atoms with Gasteiger partial charge in [0, 0.05) is 43.9 Å². The zero-order chi connectivity index (χ0) is 18.8. The predicted octanol–water partition coefficient (Wildman–Crippen LogP) is 3.85. The maximum atomic E-state index is 12.4. The van der Waals surface area contributed by atoms with Crippen LogP contribution in [0, 0.1) is 11.8 Å². The molecule has 2 fully saturated rings. The van der Waals surface area contributed by atoms with Crippen LogP contribution in [0.3, 0.4) is 0 Å². The second-order valence-electron chi connectivity index (χ2n) is 7.63. The Morgan fingerprint density at radius 2 is 1.93 bits per heavy atom. The number of anilines is 1. The number of rotatable bonds is 6. The summed E-state index contributed by atoms with van der Waals surface area (Å²) in [5.41, 5.74) is 2.98. The smallest absolute Gasteiger partial charge is 0.253 e. The zero-order valence-electron chi connectivity index (χ0n) is 15.6. The van der Waals surface area contributed by atoms with Crippen LogP contribution in [-0.2, 0) is 0 Å².